The first kappa shape index (κ1) is 16.4. The molecule has 126 valence electrons. The summed E-state index contributed by atoms with van der Waals surface area (Å²) < 4.78 is 0. The number of nitrogens with zero attached hydrogens (tertiary/aromatic N) is 3. The summed E-state index contributed by atoms with van der Waals surface area (Å²) in [4.78, 5) is 31.8. The smallest absolute Gasteiger partial charge is 0.320 e. The second kappa shape index (κ2) is 7.37. The van der Waals surface area contributed by atoms with Gasteiger partial charge in [-0.05, 0) is 45.3 Å². The molecular weight excluding hydrogens is 316 g/mol. The van der Waals surface area contributed by atoms with E-state index in [2.05, 4.69) is 15.2 Å². The van der Waals surface area contributed by atoms with E-state index in [4.69, 9.17) is 5.11 Å². The van der Waals surface area contributed by atoms with Crippen molar-refractivity contribution < 1.29 is 14.7 Å². The third kappa shape index (κ3) is 4.27. The van der Waals surface area contributed by atoms with Crippen LogP contribution in [0.25, 0.3) is 0 Å². The van der Waals surface area contributed by atoms with Gasteiger partial charge in [0.15, 0.2) is 5.13 Å². The molecule has 7 nitrogen and oxygen atoms in total. The van der Waals surface area contributed by atoms with E-state index in [1.54, 1.807) is 4.90 Å². The van der Waals surface area contributed by atoms with Crippen molar-refractivity contribution in [2.45, 2.75) is 38.3 Å². The Hall–Kier alpha value is -1.51. The third-order valence-corrected chi connectivity index (χ3v) is 5.18. The molecule has 1 atom stereocenters. The van der Waals surface area contributed by atoms with Gasteiger partial charge in [0, 0.05) is 11.9 Å². The Morgan fingerprint density at radius 1 is 1.30 bits per heavy atom. The van der Waals surface area contributed by atoms with E-state index in [1.165, 1.54) is 24.2 Å². The number of nitrogens with one attached hydrogen (secondary N) is 1. The molecule has 23 heavy (non-hydrogen) atoms. The van der Waals surface area contributed by atoms with Crippen LogP contribution in [0.2, 0.25) is 0 Å². The summed E-state index contributed by atoms with van der Waals surface area (Å²) in [6.45, 7) is 3.83. The number of hydrogen-bond acceptors (Lipinski definition) is 6. The van der Waals surface area contributed by atoms with Crippen molar-refractivity contribution in [3.8, 4) is 0 Å². The number of anilines is 1. The van der Waals surface area contributed by atoms with E-state index >= 15 is 0 Å². The van der Waals surface area contributed by atoms with Crippen molar-refractivity contribution in [2.75, 3.05) is 31.5 Å². The highest BCUT2D eigenvalue weighted by Crippen LogP contribution is 2.20. The number of aliphatic carboxylic acids is 1. The third-order valence-electron chi connectivity index (χ3n) is 4.38. The molecule has 1 aromatic heterocycles. The highest BCUT2D eigenvalue weighted by molar-refractivity contribution is 7.13. The minimum Gasteiger partial charge on any atom is -0.480 e. The maximum Gasteiger partial charge on any atom is 0.320 e. The summed E-state index contributed by atoms with van der Waals surface area (Å²) in [5.41, 5.74) is 0.983. The van der Waals surface area contributed by atoms with Crippen molar-refractivity contribution in [2.24, 2.45) is 0 Å². The van der Waals surface area contributed by atoms with Gasteiger partial charge in [0.25, 0.3) is 0 Å². The van der Waals surface area contributed by atoms with E-state index in [0.29, 0.717) is 18.1 Å². The molecule has 0 spiro atoms. The second-order valence-electron chi connectivity index (χ2n) is 6.14. The van der Waals surface area contributed by atoms with E-state index in [-0.39, 0.29) is 12.5 Å². The van der Waals surface area contributed by atoms with Crippen molar-refractivity contribution in [3.05, 3.63) is 11.1 Å². The second-order valence-corrected chi connectivity index (χ2v) is 7.00. The van der Waals surface area contributed by atoms with Crippen LogP contribution in [0.3, 0.4) is 0 Å². The van der Waals surface area contributed by atoms with Crippen LogP contribution in [0.4, 0.5) is 5.13 Å². The molecule has 2 aliphatic rings. The summed E-state index contributed by atoms with van der Waals surface area (Å²) in [5, 5.41) is 14.5. The van der Waals surface area contributed by atoms with Gasteiger partial charge in [-0.15, -0.1) is 11.3 Å². The number of rotatable bonds is 6. The lowest BCUT2D eigenvalue weighted by atomic mass is 10.2. The molecule has 0 aromatic carbocycles. The Bertz CT molecular complexity index is 571. The van der Waals surface area contributed by atoms with Crippen molar-refractivity contribution >= 4 is 28.3 Å². The predicted molar refractivity (Wildman–Crippen MR) is 87.5 cm³/mol. The number of likely N-dealkylation sites (tertiary alicyclic amines) is 2. The number of amides is 1. The monoisotopic (exact) mass is 338 g/mol. The van der Waals surface area contributed by atoms with Gasteiger partial charge in [-0.1, -0.05) is 0 Å². The first-order chi connectivity index (χ1) is 11.1. The summed E-state index contributed by atoms with van der Waals surface area (Å²) in [5.74, 6) is -1.04. The zero-order valence-electron chi connectivity index (χ0n) is 13.0. The van der Waals surface area contributed by atoms with E-state index < -0.39 is 12.0 Å². The van der Waals surface area contributed by atoms with Crippen LogP contribution in [-0.4, -0.2) is 64.0 Å². The van der Waals surface area contributed by atoms with Crippen molar-refractivity contribution in [3.63, 3.8) is 0 Å². The lowest BCUT2D eigenvalue weighted by Crippen LogP contribution is -2.40. The zero-order chi connectivity index (χ0) is 16.2. The number of carbonyl (C=O) groups excluding carboxylic acids is 1. The minimum absolute atomic E-state index is 0.109. The van der Waals surface area contributed by atoms with Gasteiger partial charge in [-0.25, -0.2) is 4.98 Å². The fourth-order valence-electron chi connectivity index (χ4n) is 3.25. The summed E-state index contributed by atoms with van der Waals surface area (Å²) in [7, 11) is 0. The van der Waals surface area contributed by atoms with Crippen LogP contribution < -0.4 is 5.32 Å². The van der Waals surface area contributed by atoms with Gasteiger partial charge in [-0.3, -0.25) is 19.4 Å². The van der Waals surface area contributed by atoms with Crippen molar-refractivity contribution in [1.82, 2.24) is 14.8 Å². The Balaban J connectivity index is 1.49. The molecule has 8 heteroatoms. The molecule has 0 radical (unpaired) electrons. The Labute approximate surface area is 139 Å². The van der Waals surface area contributed by atoms with Gasteiger partial charge in [0.05, 0.1) is 12.2 Å². The number of thiazole rings is 1. The topological polar surface area (TPSA) is 85.8 Å². The summed E-state index contributed by atoms with van der Waals surface area (Å²) in [6, 6.07) is -0.539. The van der Waals surface area contributed by atoms with Gasteiger partial charge >= 0.3 is 5.97 Å². The molecule has 2 aliphatic heterocycles. The molecule has 1 aromatic rings. The standard InChI is InChI=1S/C15H22N4O3S/c20-13(9-19-7-3-4-12(19)14(21)22)17-15-16-11(10-23-15)8-18-5-1-2-6-18/h10,12H,1-9H2,(H,21,22)(H,16,17,20)/t12-/m0/s1. The van der Waals surface area contributed by atoms with Crippen molar-refractivity contribution in [1.29, 1.82) is 0 Å². The number of carboxylic acid groups (broad SMARTS) is 1. The lowest BCUT2D eigenvalue weighted by Gasteiger charge is -2.19. The van der Waals surface area contributed by atoms with Crippen LogP contribution in [-0.2, 0) is 16.1 Å². The molecular formula is C15H22N4O3S. The Kier molecular flexibility index (Phi) is 5.24. The molecule has 2 N–H and O–H groups in total. The van der Waals surface area contributed by atoms with Crippen LogP contribution in [0, 0.1) is 0 Å². The summed E-state index contributed by atoms with van der Waals surface area (Å²) >= 11 is 1.42. The first-order valence-electron chi connectivity index (χ1n) is 8.05. The first-order valence-corrected chi connectivity index (χ1v) is 8.93. The zero-order valence-corrected chi connectivity index (χ0v) is 13.8. The highest BCUT2D eigenvalue weighted by atomic mass is 32.1. The fraction of sp³-hybridized carbons (Fsp3) is 0.667. The van der Waals surface area contributed by atoms with Gasteiger partial charge < -0.3 is 10.4 Å². The maximum atomic E-state index is 12.1. The maximum absolute atomic E-state index is 12.1. The molecule has 0 saturated carbocycles. The molecule has 3 heterocycles. The van der Waals surface area contributed by atoms with E-state index in [9.17, 15) is 9.59 Å². The number of carbonyl (C=O) groups is 2. The SMILES string of the molecule is O=C(CN1CCC[C@H]1C(=O)O)Nc1nc(CN2CCCC2)cs1. The molecule has 0 unspecified atom stereocenters. The highest BCUT2D eigenvalue weighted by Gasteiger charge is 2.31. The van der Waals surface area contributed by atoms with Gasteiger partial charge in [0.2, 0.25) is 5.91 Å². The Morgan fingerprint density at radius 3 is 2.83 bits per heavy atom. The lowest BCUT2D eigenvalue weighted by molar-refractivity contribution is -0.142. The Morgan fingerprint density at radius 2 is 2.09 bits per heavy atom. The predicted octanol–water partition coefficient (Wildman–Crippen LogP) is 1.23. The molecule has 3 rings (SSSR count). The molecule has 0 bridgehead atoms. The quantitative estimate of drug-likeness (QED) is 0.811. The van der Waals surface area contributed by atoms with Gasteiger partial charge in [0.1, 0.15) is 6.04 Å². The van der Waals surface area contributed by atoms with Gasteiger partial charge in [-0.2, -0.15) is 0 Å². The average Bonchev–Trinajstić information content (AvgIpc) is 3.21. The fourth-order valence-corrected chi connectivity index (χ4v) is 3.96. The molecule has 2 fully saturated rings. The van der Waals surface area contributed by atoms with E-state index in [1.807, 2.05) is 5.38 Å². The molecule has 2 saturated heterocycles. The van der Waals surface area contributed by atoms with Crippen LogP contribution >= 0.6 is 11.3 Å². The molecule has 0 aliphatic carbocycles. The van der Waals surface area contributed by atoms with E-state index in [0.717, 1.165) is 31.7 Å². The average molecular weight is 338 g/mol. The number of aromatic nitrogens is 1. The summed E-state index contributed by atoms with van der Waals surface area (Å²) in [6.07, 6.45) is 3.92. The minimum atomic E-state index is -0.850. The van der Waals surface area contributed by atoms with Crippen LogP contribution in [0.5, 0.6) is 0 Å². The number of hydrogen-bond donors (Lipinski definition) is 2. The normalized spacial score (nSPS) is 22.5. The number of carboxylic acids is 1. The van der Waals surface area contributed by atoms with Crippen LogP contribution in [0.15, 0.2) is 5.38 Å². The van der Waals surface area contributed by atoms with Crippen LogP contribution in [0.1, 0.15) is 31.4 Å². The largest absolute Gasteiger partial charge is 0.480 e. The molecule has 1 amide bonds.